The largest absolute Gasteiger partial charge is 0.506 e. The van der Waals surface area contributed by atoms with E-state index < -0.39 is 6.23 Å². The fourth-order valence-corrected chi connectivity index (χ4v) is 5.04. The Bertz CT molecular complexity index is 1100. The zero-order valence-corrected chi connectivity index (χ0v) is 17.4. The van der Waals surface area contributed by atoms with Gasteiger partial charge in [0.1, 0.15) is 11.5 Å². The molecule has 0 radical (unpaired) electrons. The molecule has 0 aliphatic carbocycles. The average molecular weight is 452 g/mol. The second-order valence-corrected chi connectivity index (χ2v) is 8.83. The van der Waals surface area contributed by atoms with Gasteiger partial charge in [0, 0.05) is 22.0 Å². The lowest BCUT2D eigenvalue weighted by Crippen LogP contribution is -2.33. The van der Waals surface area contributed by atoms with Gasteiger partial charge < -0.3 is 9.84 Å². The zero-order chi connectivity index (χ0) is 19.4. The van der Waals surface area contributed by atoms with E-state index in [9.17, 15) is 5.11 Å². The Labute approximate surface area is 180 Å². The van der Waals surface area contributed by atoms with Gasteiger partial charge in [0.05, 0.1) is 27.2 Å². The molecule has 5 rings (SSSR count). The molecule has 2 aliphatic heterocycles. The molecular weight excluding hydrogens is 439 g/mol. The van der Waals surface area contributed by atoms with Crippen LogP contribution in [0.4, 0.5) is 0 Å². The molecule has 0 bridgehead atoms. The van der Waals surface area contributed by atoms with Crippen molar-refractivity contribution in [1.29, 1.82) is 0 Å². The molecule has 3 aromatic rings. The van der Waals surface area contributed by atoms with Crippen LogP contribution in [0.3, 0.4) is 0 Å². The minimum atomic E-state index is -0.660. The predicted octanol–water partition coefficient (Wildman–Crippen LogP) is 6.66. The monoisotopic (exact) mass is 450 g/mol. The number of benzene rings is 2. The van der Waals surface area contributed by atoms with Crippen LogP contribution in [-0.2, 0) is 0 Å². The molecule has 0 saturated carbocycles. The highest BCUT2D eigenvalue weighted by Gasteiger charge is 2.42. The Morgan fingerprint density at radius 3 is 2.68 bits per heavy atom. The number of thiophene rings is 1. The Hall–Kier alpha value is -1.92. The van der Waals surface area contributed by atoms with Gasteiger partial charge in [-0.1, -0.05) is 40.9 Å². The number of aromatic hydroxyl groups is 1. The molecule has 0 fully saturated rings. The van der Waals surface area contributed by atoms with E-state index in [0.29, 0.717) is 27.8 Å². The van der Waals surface area contributed by atoms with Crippen molar-refractivity contribution in [1.82, 2.24) is 5.01 Å². The fourth-order valence-electron chi connectivity index (χ4n) is 3.63. The summed E-state index contributed by atoms with van der Waals surface area (Å²) in [7, 11) is 0. The third kappa shape index (κ3) is 2.94. The number of hydrogen-bond donors (Lipinski definition) is 1. The van der Waals surface area contributed by atoms with Crippen molar-refractivity contribution in [2.75, 3.05) is 0 Å². The quantitative estimate of drug-likeness (QED) is 0.474. The van der Waals surface area contributed by atoms with E-state index in [-0.39, 0.29) is 16.8 Å². The number of phenols is 1. The topological polar surface area (TPSA) is 45.1 Å². The van der Waals surface area contributed by atoms with Crippen LogP contribution in [-0.4, -0.2) is 15.8 Å². The summed E-state index contributed by atoms with van der Waals surface area (Å²) in [5, 5.41) is 20.5. The van der Waals surface area contributed by atoms with Gasteiger partial charge in [-0.15, -0.1) is 11.3 Å². The molecule has 3 heterocycles. The first kappa shape index (κ1) is 18.1. The van der Waals surface area contributed by atoms with Crippen molar-refractivity contribution in [3.8, 4) is 11.5 Å². The number of hydrazone groups is 1. The molecule has 4 nitrogen and oxygen atoms in total. The highest BCUT2D eigenvalue weighted by molar-refractivity contribution is 7.12. The number of hydrogen-bond acceptors (Lipinski definition) is 5. The lowest BCUT2D eigenvalue weighted by molar-refractivity contribution is -0.0203. The maximum atomic E-state index is 10.6. The van der Waals surface area contributed by atoms with Crippen molar-refractivity contribution in [3.05, 3.63) is 78.9 Å². The lowest BCUT2D eigenvalue weighted by atomic mass is 9.97. The van der Waals surface area contributed by atoms with E-state index >= 15 is 0 Å². The molecule has 8 heteroatoms. The summed E-state index contributed by atoms with van der Waals surface area (Å²) in [6.45, 7) is 0. The smallest absolute Gasteiger partial charge is 0.217 e. The second-order valence-electron chi connectivity index (χ2n) is 6.60. The van der Waals surface area contributed by atoms with E-state index in [0.717, 1.165) is 16.2 Å². The van der Waals surface area contributed by atoms with Crippen molar-refractivity contribution in [3.63, 3.8) is 0 Å². The minimum Gasteiger partial charge on any atom is -0.506 e. The summed E-state index contributed by atoms with van der Waals surface area (Å²) >= 11 is 20.2. The van der Waals surface area contributed by atoms with Gasteiger partial charge in [-0.2, -0.15) is 5.10 Å². The molecule has 1 aromatic heterocycles. The number of rotatable bonds is 2. The highest BCUT2D eigenvalue weighted by Crippen LogP contribution is 2.50. The molecule has 0 spiro atoms. The average Bonchev–Trinajstić information content (AvgIpc) is 3.33. The van der Waals surface area contributed by atoms with Crippen LogP contribution in [0, 0.1) is 0 Å². The first-order valence-electron chi connectivity index (χ1n) is 8.55. The van der Waals surface area contributed by atoms with Crippen LogP contribution in [0.2, 0.25) is 15.1 Å². The summed E-state index contributed by atoms with van der Waals surface area (Å²) in [6.07, 6.45) is 0.0512. The van der Waals surface area contributed by atoms with Crippen LogP contribution in [0.1, 0.15) is 34.7 Å². The predicted molar refractivity (Wildman–Crippen MR) is 113 cm³/mol. The van der Waals surface area contributed by atoms with Gasteiger partial charge in [0.2, 0.25) is 6.23 Å². The third-order valence-corrected chi connectivity index (χ3v) is 6.54. The molecule has 0 amide bonds. The molecular formula is C20H13Cl3N2O2S. The van der Waals surface area contributed by atoms with E-state index in [4.69, 9.17) is 44.6 Å². The SMILES string of the molecule is Oc1c(Cl)cc(Cl)cc1C1Oc2ccc(Cl)cc2C2CC(c3cccs3)=NN21. The van der Waals surface area contributed by atoms with E-state index in [2.05, 4.69) is 0 Å². The molecule has 2 aliphatic rings. The van der Waals surface area contributed by atoms with Crippen LogP contribution < -0.4 is 4.74 Å². The first-order valence-corrected chi connectivity index (χ1v) is 10.6. The normalized spacial score (nSPS) is 20.4. The fraction of sp³-hybridized carbons (Fsp3) is 0.150. The third-order valence-electron chi connectivity index (χ3n) is 4.88. The van der Waals surface area contributed by atoms with Gasteiger partial charge in [-0.05, 0) is 41.8 Å². The van der Waals surface area contributed by atoms with Gasteiger partial charge >= 0.3 is 0 Å². The Morgan fingerprint density at radius 1 is 1.07 bits per heavy atom. The molecule has 2 aromatic carbocycles. The molecule has 2 atom stereocenters. The van der Waals surface area contributed by atoms with Gasteiger partial charge in [-0.3, -0.25) is 0 Å². The van der Waals surface area contributed by atoms with Crippen molar-refractivity contribution in [2.45, 2.75) is 18.7 Å². The van der Waals surface area contributed by atoms with Gasteiger partial charge in [-0.25, -0.2) is 5.01 Å². The lowest BCUT2D eigenvalue weighted by Gasteiger charge is -2.38. The zero-order valence-electron chi connectivity index (χ0n) is 14.3. The van der Waals surface area contributed by atoms with Gasteiger partial charge in [0.15, 0.2) is 0 Å². The van der Waals surface area contributed by atoms with E-state index in [1.54, 1.807) is 23.5 Å². The molecule has 142 valence electrons. The first-order chi connectivity index (χ1) is 13.5. The van der Waals surface area contributed by atoms with Crippen molar-refractivity contribution < 1.29 is 9.84 Å². The minimum absolute atomic E-state index is 0.0630. The number of fused-ring (bicyclic) bond motifs is 3. The summed E-state index contributed by atoms with van der Waals surface area (Å²) < 4.78 is 6.23. The molecule has 0 saturated heterocycles. The number of halogens is 3. The van der Waals surface area contributed by atoms with Crippen molar-refractivity contribution in [2.24, 2.45) is 5.10 Å². The van der Waals surface area contributed by atoms with Gasteiger partial charge in [0.25, 0.3) is 0 Å². The summed E-state index contributed by atoms with van der Waals surface area (Å²) in [4.78, 5) is 1.10. The van der Waals surface area contributed by atoms with Crippen LogP contribution in [0.5, 0.6) is 11.5 Å². The van der Waals surface area contributed by atoms with E-state index in [1.807, 2.05) is 34.7 Å². The molecule has 28 heavy (non-hydrogen) atoms. The van der Waals surface area contributed by atoms with Crippen LogP contribution in [0.25, 0.3) is 0 Å². The number of phenolic OH excluding ortho intramolecular Hbond substituents is 1. The van der Waals surface area contributed by atoms with Crippen LogP contribution >= 0.6 is 46.1 Å². The summed E-state index contributed by atoms with van der Waals surface area (Å²) in [6, 6.07) is 12.7. The Morgan fingerprint density at radius 2 is 1.89 bits per heavy atom. The Kier molecular flexibility index (Phi) is 4.43. The highest BCUT2D eigenvalue weighted by atomic mass is 35.5. The second kappa shape index (κ2) is 6.85. The number of nitrogens with zero attached hydrogens (tertiary/aromatic N) is 2. The maximum Gasteiger partial charge on any atom is 0.217 e. The Balaban J connectivity index is 1.66. The van der Waals surface area contributed by atoms with E-state index in [1.165, 1.54) is 6.07 Å². The van der Waals surface area contributed by atoms with Crippen LogP contribution in [0.15, 0.2) is 52.9 Å². The molecule has 2 unspecified atom stereocenters. The van der Waals surface area contributed by atoms with Crippen molar-refractivity contribution >= 4 is 51.9 Å². The molecule has 1 N–H and O–H groups in total. The standard InChI is InChI=1S/C20H13Cl3N2O2S/c21-10-3-4-17-12(6-10)16-9-15(18-2-1-5-28-18)24-25(16)20(27-17)13-7-11(22)8-14(23)19(13)26/h1-8,16,20,26H,9H2. The summed E-state index contributed by atoms with van der Waals surface area (Å²) in [5.74, 6) is 0.640. The summed E-state index contributed by atoms with van der Waals surface area (Å²) in [5.41, 5.74) is 2.40. The maximum absolute atomic E-state index is 10.6. The number of ether oxygens (including phenoxy) is 1.